The molecular weight excluding hydrogens is 382 g/mol. The number of fused-ring (bicyclic) bond motifs is 1. The van der Waals surface area contributed by atoms with Gasteiger partial charge in [-0.2, -0.15) is 0 Å². The standard InChI is InChI=1S/C21H23N3.C2H2O4/c1-17-6-8-18(9-7-17)16-23-12-14-24(15-13-23)21-20-5-3-2-4-19(20)10-11-22-21;3-1(4)2(5)6/h2-11H,12-16H2,1H3;(H,3,4)(H,5,6). The maximum atomic E-state index is 9.10. The SMILES string of the molecule is Cc1ccc(CN2CCN(c3nccc4ccccc34)CC2)cc1.O=C(O)C(=O)O. The quantitative estimate of drug-likeness (QED) is 0.645. The van der Waals surface area contributed by atoms with Gasteiger partial charge in [0, 0.05) is 44.3 Å². The number of nitrogens with zero attached hydrogens (tertiary/aromatic N) is 3. The average molecular weight is 407 g/mol. The summed E-state index contributed by atoms with van der Waals surface area (Å²) in [5.74, 6) is -2.52. The van der Waals surface area contributed by atoms with Gasteiger partial charge in [-0.05, 0) is 23.9 Å². The van der Waals surface area contributed by atoms with Crippen LogP contribution >= 0.6 is 0 Å². The maximum absolute atomic E-state index is 9.10. The van der Waals surface area contributed by atoms with Crippen molar-refractivity contribution in [2.24, 2.45) is 0 Å². The number of carboxylic acids is 2. The molecule has 1 aromatic heterocycles. The number of carboxylic acid groups (broad SMARTS) is 2. The van der Waals surface area contributed by atoms with Crippen molar-refractivity contribution < 1.29 is 19.8 Å². The largest absolute Gasteiger partial charge is 0.473 e. The van der Waals surface area contributed by atoms with Crippen molar-refractivity contribution in [3.05, 3.63) is 71.9 Å². The minimum absolute atomic E-state index is 1.03. The van der Waals surface area contributed by atoms with Crippen molar-refractivity contribution in [1.82, 2.24) is 9.88 Å². The van der Waals surface area contributed by atoms with E-state index in [0.717, 1.165) is 38.5 Å². The lowest BCUT2D eigenvalue weighted by Gasteiger charge is -2.35. The Kier molecular flexibility index (Phi) is 6.98. The van der Waals surface area contributed by atoms with Crippen LogP contribution in [0.3, 0.4) is 0 Å². The lowest BCUT2D eigenvalue weighted by Crippen LogP contribution is -2.46. The molecule has 0 unspecified atom stereocenters. The summed E-state index contributed by atoms with van der Waals surface area (Å²) in [6.45, 7) is 7.41. The molecule has 3 aromatic rings. The molecule has 0 atom stereocenters. The van der Waals surface area contributed by atoms with Gasteiger partial charge in [0.2, 0.25) is 0 Å². The number of piperazine rings is 1. The number of hydrogen-bond acceptors (Lipinski definition) is 5. The normalized spacial score (nSPS) is 14.1. The fraction of sp³-hybridized carbons (Fsp3) is 0.261. The number of benzene rings is 2. The number of carbonyl (C=O) groups is 2. The Balaban J connectivity index is 0.000000377. The minimum atomic E-state index is -1.82. The second kappa shape index (κ2) is 9.84. The topological polar surface area (TPSA) is 94.0 Å². The van der Waals surface area contributed by atoms with Gasteiger partial charge in [0.1, 0.15) is 5.82 Å². The van der Waals surface area contributed by atoms with Gasteiger partial charge < -0.3 is 15.1 Å². The van der Waals surface area contributed by atoms with Crippen LogP contribution < -0.4 is 4.90 Å². The molecule has 1 aliphatic rings. The predicted molar refractivity (Wildman–Crippen MR) is 116 cm³/mol. The van der Waals surface area contributed by atoms with Gasteiger partial charge in [0.25, 0.3) is 0 Å². The Morgan fingerprint density at radius 2 is 1.53 bits per heavy atom. The van der Waals surface area contributed by atoms with E-state index in [1.807, 2.05) is 6.20 Å². The van der Waals surface area contributed by atoms with Crippen LogP contribution in [-0.4, -0.2) is 58.2 Å². The van der Waals surface area contributed by atoms with Crippen molar-refractivity contribution in [3.63, 3.8) is 0 Å². The number of aliphatic carboxylic acids is 2. The highest BCUT2D eigenvalue weighted by molar-refractivity contribution is 6.27. The van der Waals surface area contributed by atoms with Crippen molar-refractivity contribution in [2.45, 2.75) is 13.5 Å². The number of rotatable bonds is 3. The van der Waals surface area contributed by atoms with Crippen LogP contribution in [-0.2, 0) is 16.1 Å². The average Bonchev–Trinajstić information content (AvgIpc) is 2.76. The van der Waals surface area contributed by atoms with Gasteiger partial charge in [-0.15, -0.1) is 0 Å². The zero-order valence-electron chi connectivity index (χ0n) is 16.9. The molecule has 0 saturated carbocycles. The maximum Gasteiger partial charge on any atom is 0.414 e. The summed E-state index contributed by atoms with van der Waals surface area (Å²) < 4.78 is 0. The molecule has 0 aliphatic carbocycles. The molecule has 0 bridgehead atoms. The number of aromatic nitrogens is 1. The molecule has 0 spiro atoms. The van der Waals surface area contributed by atoms with E-state index in [1.54, 1.807) is 0 Å². The van der Waals surface area contributed by atoms with E-state index in [0.29, 0.717) is 0 Å². The van der Waals surface area contributed by atoms with E-state index < -0.39 is 11.9 Å². The molecule has 1 aliphatic heterocycles. The Bertz CT molecular complexity index is 995. The van der Waals surface area contributed by atoms with Gasteiger partial charge in [0.15, 0.2) is 0 Å². The third kappa shape index (κ3) is 5.55. The summed E-state index contributed by atoms with van der Waals surface area (Å²) in [4.78, 5) is 27.8. The molecule has 2 heterocycles. The van der Waals surface area contributed by atoms with Crippen LogP contribution in [0.5, 0.6) is 0 Å². The molecule has 7 heteroatoms. The number of pyridine rings is 1. The third-order valence-corrected chi connectivity index (χ3v) is 5.03. The van der Waals surface area contributed by atoms with Crippen LogP contribution in [0.4, 0.5) is 5.82 Å². The first-order valence-corrected chi connectivity index (χ1v) is 9.77. The number of aryl methyl sites for hydroxylation is 1. The molecule has 0 amide bonds. The van der Waals surface area contributed by atoms with Crippen molar-refractivity contribution >= 4 is 28.5 Å². The van der Waals surface area contributed by atoms with Gasteiger partial charge in [-0.1, -0.05) is 54.1 Å². The third-order valence-electron chi connectivity index (χ3n) is 5.03. The molecule has 30 heavy (non-hydrogen) atoms. The first-order valence-electron chi connectivity index (χ1n) is 9.77. The number of anilines is 1. The lowest BCUT2D eigenvalue weighted by molar-refractivity contribution is -0.159. The second-order valence-electron chi connectivity index (χ2n) is 7.21. The van der Waals surface area contributed by atoms with Crippen molar-refractivity contribution in [2.75, 3.05) is 31.1 Å². The fourth-order valence-electron chi connectivity index (χ4n) is 3.43. The highest BCUT2D eigenvalue weighted by Crippen LogP contribution is 2.25. The molecule has 4 rings (SSSR count). The zero-order valence-corrected chi connectivity index (χ0v) is 16.9. The van der Waals surface area contributed by atoms with E-state index in [4.69, 9.17) is 19.8 Å². The Morgan fingerprint density at radius 3 is 2.17 bits per heavy atom. The zero-order chi connectivity index (χ0) is 21.5. The van der Waals surface area contributed by atoms with E-state index in [-0.39, 0.29) is 0 Å². The molecule has 0 radical (unpaired) electrons. The summed E-state index contributed by atoms with van der Waals surface area (Å²) in [7, 11) is 0. The lowest BCUT2D eigenvalue weighted by atomic mass is 10.1. The Labute approximate surface area is 175 Å². The molecule has 1 fully saturated rings. The van der Waals surface area contributed by atoms with E-state index >= 15 is 0 Å². The monoisotopic (exact) mass is 407 g/mol. The van der Waals surface area contributed by atoms with Crippen LogP contribution in [0.15, 0.2) is 60.8 Å². The van der Waals surface area contributed by atoms with Crippen molar-refractivity contribution in [1.29, 1.82) is 0 Å². The van der Waals surface area contributed by atoms with Crippen LogP contribution in [0, 0.1) is 6.92 Å². The van der Waals surface area contributed by atoms with Gasteiger partial charge >= 0.3 is 11.9 Å². The first-order chi connectivity index (χ1) is 14.4. The molecule has 2 N–H and O–H groups in total. The van der Waals surface area contributed by atoms with Gasteiger partial charge in [-0.3, -0.25) is 4.90 Å². The van der Waals surface area contributed by atoms with Crippen LogP contribution in [0.2, 0.25) is 0 Å². The highest BCUT2D eigenvalue weighted by atomic mass is 16.4. The minimum Gasteiger partial charge on any atom is -0.473 e. The smallest absolute Gasteiger partial charge is 0.414 e. The van der Waals surface area contributed by atoms with Gasteiger partial charge in [-0.25, -0.2) is 14.6 Å². The molecule has 7 nitrogen and oxygen atoms in total. The van der Waals surface area contributed by atoms with Crippen molar-refractivity contribution in [3.8, 4) is 0 Å². The van der Waals surface area contributed by atoms with E-state index in [1.165, 1.54) is 21.9 Å². The number of hydrogen-bond donors (Lipinski definition) is 2. The predicted octanol–water partition coefficient (Wildman–Crippen LogP) is 3.02. The van der Waals surface area contributed by atoms with E-state index in [2.05, 4.69) is 76.3 Å². The van der Waals surface area contributed by atoms with Crippen LogP contribution in [0.1, 0.15) is 11.1 Å². The Morgan fingerprint density at radius 1 is 0.900 bits per heavy atom. The second-order valence-corrected chi connectivity index (χ2v) is 7.21. The molecule has 156 valence electrons. The molecule has 2 aromatic carbocycles. The molecule has 1 saturated heterocycles. The summed E-state index contributed by atoms with van der Waals surface area (Å²) in [6, 6.07) is 19.5. The highest BCUT2D eigenvalue weighted by Gasteiger charge is 2.19. The Hall–Kier alpha value is -3.45. The van der Waals surface area contributed by atoms with Gasteiger partial charge in [0.05, 0.1) is 0 Å². The fourth-order valence-corrected chi connectivity index (χ4v) is 3.43. The summed E-state index contributed by atoms with van der Waals surface area (Å²) in [6.07, 6.45) is 1.93. The first kappa shape index (κ1) is 21.3. The van der Waals surface area contributed by atoms with E-state index in [9.17, 15) is 0 Å². The molecular formula is C23H25N3O4. The summed E-state index contributed by atoms with van der Waals surface area (Å²) >= 11 is 0. The summed E-state index contributed by atoms with van der Waals surface area (Å²) in [5.41, 5.74) is 2.72. The van der Waals surface area contributed by atoms with Crippen LogP contribution in [0.25, 0.3) is 10.8 Å². The summed E-state index contributed by atoms with van der Waals surface area (Å²) in [5, 5.41) is 17.3.